The number of methoxy groups -OCH3 is 1. The number of nitrogens with zero attached hydrogens (tertiary/aromatic N) is 1. The maximum Gasteiger partial charge on any atom is 0.0908 e. The molecule has 0 N–H and O–H groups in total. The van der Waals surface area contributed by atoms with E-state index in [0.29, 0.717) is 12.5 Å². The van der Waals surface area contributed by atoms with Crippen LogP contribution < -0.4 is 0 Å². The fourth-order valence-electron chi connectivity index (χ4n) is 0.526. The van der Waals surface area contributed by atoms with Crippen LogP contribution in [0.2, 0.25) is 0 Å². The smallest absolute Gasteiger partial charge is 0.0908 e. The van der Waals surface area contributed by atoms with E-state index in [-0.39, 0.29) is 0 Å². The molecule has 1 unspecified atom stereocenters. The van der Waals surface area contributed by atoms with E-state index in [1.165, 1.54) is 6.08 Å². The highest BCUT2D eigenvalue weighted by Crippen LogP contribution is 1.95. The number of ether oxygens (including phenoxy) is 1. The molecule has 2 heteroatoms. The Morgan fingerprint density at radius 2 is 2.44 bits per heavy atom. The van der Waals surface area contributed by atoms with Crippen LogP contribution in [0.25, 0.3) is 0 Å². The first-order chi connectivity index (χ1) is 4.31. The van der Waals surface area contributed by atoms with Gasteiger partial charge in [-0.05, 0) is 5.92 Å². The van der Waals surface area contributed by atoms with Crippen molar-refractivity contribution in [2.75, 3.05) is 13.7 Å². The summed E-state index contributed by atoms with van der Waals surface area (Å²) in [6.07, 6.45) is 3.30. The summed E-state index contributed by atoms with van der Waals surface area (Å²) in [5.74, 6) is 0.342. The van der Waals surface area contributed by atoms with Gasteiger partial charge in [0.15, 0.2) is 0 Å². The maximum atomic E-state index is 8.11. The van der Waals surface area contributed by atoms with Crippen molar-refractivity contribution < 1.29 is 4.74 Å². The van der Waals surface area contributed by atoms with Gasteiger partial charge >= 0.3 is 0 Å². The van der Waals surface area contributed by atoms with Crippen LogP contribution >= 0.6 is 0 Å². The topological polar surface area (TPSA) is 33.0 Å². The first-order valence-electron chi connectivity index (χ1n) is 2.86. The predicted octanol–water partition coefficient (Wildman–Crippen LogP) is 1.35. The minimum Gasteiger partial charge on any atom is -0.384 e. The highest BCUT2D eigenvalue weighted by Gasteiger charge is 1.91. The van der Waals surface area contributed by atoms with E-state index in [0.717, 1.165) is 0 Å². The van der Waals surface area contributed by atoms with Crippen LogP contribution in [0.15, 0.2) is 12.2 Å². The molecule has 0 aromatic heterocycles. The molecule has 0 spiro atoms. The fraction of sp³-hybridized carbons (Fsp3) is 0.571. The van der Waals surface area contributed by atoms with Crippen molar-refractivity contribution in [1.29, 1.82) is 5.26 Å². The second-order valence-electron chi connectivity index (χ2n) is 1.92. The lowest BCUT2D eigenvalue weighted by Crippen LogP contribution is -1.98. The van der Waals surface area contributed by atoms with Crippen molar-refractivity contribution in [2.45, 2.75) is 6.92 Å². The third kappa shape index (κ3) is 5.05. The van der Waals surface area contributed by atoms with Gasteiger partial charge in [0.1, 0.15) is 0 Å². The molecule has 2 nitrogen and oxygen atoms in total. The molecule has 50 valence electrons. The molecule has 0 rings (SSSR count). The van der Waals surface area contributed by atoms with E-state index >= 15 is 0 Å². The Balaban J connectivity index is 3.39. The van der Waals surface area contributed by atoms with Crippen molar-refractivity contribution in [3.8, 4) is 6.07 Å². The summed E-state index contributed by atoms with van der Waals surface area (Å²) in [4.78, 5) is 0. The number of nitriles is 1. The van der Waals surface area contributed by atoms with E-state index in [4.69, 9.17) is 10.00 Å². The van der Waals surface area contributed by atoms with Crippen LogP contribution in [0.3, 0.4) is 0 Å². The molecular formula is C7H11NO. The molecule has 1 atom stereocenters. The van der Waals surface area contributed by atoms with Gasteiger partial charge in [-0.15, -0.1) is 0 Å². The highest BCUT2D eigenvalue weighted by atomic mass is 16.5. The van der Waals surface area contributed by atoms with E-state index in [1.54, 1.807) is 7.11 Å². The van der Waals surface area contributed by atoms with Crippen molar-refractivity contribution in [3.05, 3.63) is 12.2 Å². The molecule has 0 aromatic carbocycles. The molecule has 0 aliphatic carbocycles. The monoisotopic (exact) mass is 125 g/mol. The van der Waals surface area contributed by atoms with Gasteiger partial charge in [-0.1, -0.05) is 13.0 Å². The Morgan fingerprint density at radius 1 is 1.78 bits per heavy atom. The first-order valence-corrected chi connectivity index (χ1v) is 2.86. The van der Waals surface area contributed by atoms with Gasteiger partial charge in [0.2, 0.25) is 0 Å². The summed E-state index contributed by atoms with van der Waals surface area (Å²) in [7, 11) is 1.65. The van der Waals surface area contributed by atoms with Crippen LogP contribution in [0.4, 0.5) is 0 Å². The standard InChI is InChI=1S/C7H11NO/c1-7(6-9-2)4-3-5-8/h3-4,7H,6H2,1-2H3/b4-3+. The van der Waals surface area contributed by atoms with Gasteiger partial charge in [-0.2, -0.15) is 5.26 Å². The Hall–Kier alpha value is -0.810. The molecule has 0 amide bonds. The molecule has 0 bridgehead atoms. The van der Waals surface area contributed by atoms with Gasteiger partial charge < -0.3 is 4.74 Å². The van der Waals surface area contributed by atoms with Crippen molar-refractivity contribution in [1.82, 2.24) is 0 Å². The molecule has 9 heavy (non-hydrogen) atoms. The van der Waals surface area contributed by atoms with Gasteiger partial charge in [-0.25, -0.2) is 0 Å². The minimum atomic E-state index is 0.342. The van der Waals surface area contributed by atoms with E-state index in [9.17, 15) is 0 Å². The SMILES string of the molecule is COCC(C)/C=C/C#N. The predicted molar refractivity (Wildman–Crippen MR) is 35.8 cm³/mol. The van der Waals surface area contributed by atoms with Crippen LogP contribution in [-0.2, 0) is 4.74 Å². The second kappa shape index (κ2) is 5.33. The van der Waals surface area contributed by atoms with Gasteiger partial charge in [0.05, 0.1) is 12.7 Å². The van der Waals surface area contributed by atoms with E-state index in [2.05, 4.69) is 0 Å². The van der Waals surface area contributed by atoms with Crippen LogP contribution in [0.5, 0.6) is 0 Å². The lowest BCUT2D eigenvalue weighted by atomic mass is 10.2. The molecule has 0 aromatic rings. The Labute approximate surface area is 55.7 Å². The summed E-state index contributed by atoms with van der Waals surface area (Å²) >= 11 is 0. The largest absolute Gasteiger partial charge is 0.384 e. The fourth-order valence-corrected chi connectivity index (χ4v) is 0.526. The average Bonchev–Trinajstić information content (AvgIpc) is 1.85. The zero-order chi connectivity index (χ0) is 7.11. The zero-order valence-corrected chi connectivity index (χ0v) is 5.79. The third-order valence-electron chi connectivity index (χ3n) is 0.929. The van der Waals surface area contributed by atoms with E-state index < -0.39 is 0 Å². The molecule has 0 fully saturated rings. The average molecular weight is 125 g/mol. The number of allylic oxidation sites excluding steroid dienone is 1. The third-order valence-corrected chi connectivity index (χ3v) is 0.929. The Morgan fingerprint density at radius 3 is 2.89 bits per heavy atom. The quantitative estimate of drug-likeness (QED) is 0.533. The lowest BCUT2D eigenvalue weighted by Gasteiger charge is -2.00. The second-order valence-corrected chi connectivity index (χ2v) is 1.92. The summed E-state index contributed by atoms with van der Waals surface area (Å²) in [6.45, 7) is 2.68. The summed E-state index contributed by atoms with van der Waals surface area (Å²) in [5, 5.41) is 8.11. The lowest BCUT2D eigenvalue weighted by molar-refractivity contribution is 0.176. The van der Waals surface area contributed by atoms with Crippen LogP contribution in [-0.4, -0.2) is 13.7 Å². The normalized spacial score (nSPS) is 13.4. The summed E-state index contributed by atoms with van der Waals surface area (Å²) < 4.78 is 4.84. The molecule has 0 radical (unpaired) electrons. The van der Waals surface area contributed by atoms with Gasteiger partial charge in [0, 0.05) is 13.2 Å². The molecule has 0 saturated carbocycles. The number of hydrogen-bond donors (Lipinski definition) is 0. The van der Waals surface area contributed by atoms with Crippen LogP contribution in [0, 0.1) is 17.2 Å². The summed E-state index contributed by atoms with van der Waals surface area (Å²) in [5.41, 5.74) is 0. The highest BCUT2D eigenvalue weighted by molar-refractivity contribution is 5.03. The Bertz CT molecular complexity index is 123. The van der Waals surface area contributed by atoms with Crippen molar-refractivity contribution >= 4 is 0 Å². The number of hydrogen-bond acceptors (Lipinski definition) is 2. The number of rotatable bonds is 3. The molecule has 0 heterocycles. The van der Waals surface area contributed by atoms with Crippen molar-refractivity contribution in [3.63, 3.8) is 0 Å². The van der Waals surface area contributed by atoms with Gasteiger partial charge in [-0.3, -0.25) is 0 Å². The Kier molecular flexibility index (Phi) is 4.85. The molecule has 0 aliphatic heterocycles. The first kappa shape index (κ1) is 8.19. The molecule has 0 aliphatic rings. The van der Waals surface area contributed by atoms with E-state index in [1.807, 2.05) is 19.1 Å². The minimum absolute atomic E-state index is 0.342. The van der Waals surface area contributed by atoms with Crippen LogP contribution in [0.1, 0.15) is 6.92 Å². The van der Waals surface area contributed by atoms with Crippen molar-refractivity contribution in [2.24, 2.45) is 5.92 Å². The van der Waals surface area contributed by atoms with Gasteiger partial charge in [0.25, 0.3) is 0 Å². The maximum absolute atomic E-state index is 8.11. The zero-order valence-electron chi connectivity index (χ0n) is 5.79. The summed E-state index contributed by atoms with van der Waals surface area (Å²) in [6, 6.07) is 1.92. The molecule has 0 saturated heterocycles. The molecular weight excluding hydrogens is 114 g/mol.